The van der Waals surface area contributed by atoms with E-state index < -0.39 is 6.23 Å². The molecule has 2 rings (SSSR count). The lowest BCUT2D eigenvalue weighted by Crippen LogP contribution is -2.32. The Bertz CT molecular complexity index is 278. The highest BCUT2D eigenvalue weighted by Crippen LogP contribution is 2.28. The van der Waals surface area contributed by atoms with Crippen molar-refractivity contribution in [1.29, 1.82) is 0 Å². The van der Waals surface area contributed by atoms with Crippen LogP contribution >= 0.6 is 0 Å². The van der Waals surface area contributed by atoms with Crippen molar-refractivity contribution >= 4 is 0 Å². The van der Waals surface area contributed by atoms with Gasteiger partial charge in [0.2, 0.25) is 0 Å². The predicted molar refractivity (Wildman–Crippen MR) is 62.3 cm³/mol. The second-order valence-electron chi connectivity index (χ2n) is 5.00. The van der Waals surface area contributed by atoms with Crippen LogP contribution in [0.25, 0.3) is 0 Å². The lowest BCUT2D eigenvalue weighted by Gasteiger charge is -2.22. The molecular weight excluding hydrogens is 186 g/mol. The van der Waals surface area contributed by atoms with Crippen LogP contribution in [0.5, 0.6) is 0 Å². The van der Waals surface area contributed by atoms with Gasteiger partial charge in [0.25, 0.3) is 0 Å². The van der Waals surface area contributed by atoms with Crippen LogP contribution in [0.2, 0.25) is 0 Å². The van der Waals surface area contributed by atoms with Crippen LogP contribution in [0.3, 0.4) is 0 Å². The lowest BCUT2D eigenvalue weighted by atomic mass is 9.88. The van der Waals surface area contributed by atoms with E-state index in [2.05, 4.69) is 37.4 Å². The van der Waals surface area contributed by atoms with Crippen molar-refractivity contribution in [3.05, 3.63) is 23.8 Å². The van der Waals surface area contributed by atoms with Gasteiger partial charge in [-0.2, -0.15) is 0 Å². The number of aliphatic hydroxyl groups excluding tert-OH is 1. The van der Waals surface area contributed by atoms with E-state index in [-0.39, 0.29) is 0 Å². The molecule has 0 spiro atoms. The van der Waals surface area contributed by atoms with Crippen molar-refractivity contribution < 1.29 is 5.11 Å². The summed E-state index contributed by atoms with van der Waals surface area (Å²) in [4.78, 5) is 0. The zero-order valence-electron chi connectivity index (χ0n) is 9.61. The first-order valence-electron chi connectivity index (χ1n) is 5.98. The van der Waals surface area contributed by atoms with Gasteiger partial charge in [-0.05, 0) is 36.2 Å². The summed E-state index contributed by atoms with van der Waals surface area (Å²) in [5, 5.41) is 13.1. The van der Waals surface area contributed by atoms with Gasteiger partial charge in [0.15, 0.2) is 0 Å². The Morgan fingerprint density at radius 2 is 2.13 bits per heavy atom. The number of rotatable bonds is 4. The third kappa shape index (κ3) is 2.93. The Morgan fingerprint density at radius 3 is 2.73 bits per heavy atom. The third-order valence-electron chi connectivity index (χ3n) is 3.49. The average Bonchev–Trinajstić information content (AvgIpc) is 3.02. The Kier molecular flexibility index (Phi) is 3.27. The highest BCUT2D eigenvalue weighted by Gasteiger charge is 2.23. The number of allylic oxidation sites excluding steroid dienone is 2. The van der Waals surface area contributed by atoms with E-state index in [1.807, 2.05) is 0 Å². The van der Waals surface area contributed by atoms with Crippen molar-refractivity contribution in [3.8, 4) is 0 Å². The summed E-state index contributed by atoms with van der Waals surface area (Å²) in [6.45, 7) is 5.36. The molecule has 15 heavy (non-hydrogen) atoms. The summed E-state index contributed by atoms with van der Waals surface area (Å²) in [6, 6.07) is 0. The van der Waals surface area contributed by atoms with Crippen molar-refractivity contribution in [3.63, 3.8) is 0 Å². The van der Waals surface area contributed by atoms with E-state index in [4.69, 9.17) is 0 Å². The van der Waals surface area contributed by atoms with Crippen LogP contribution in [0.15, 0.2) is 23.8 Å². The largest absolute Gasteiger partial charge is 0.374 e. The van der Waals surface area contributed by atoms with E-state index in [1.54, 1.807) is 0 Å². The van der Waals surface area contributed by atoms with Gasteiger partial charge >= 0.3 is 0 Å². The lowest BCUT2D eigenvalue weighted by molar-refractivity contribution is 0.173. The summed E-state index contributed by atoms with van der Waals surface area (Å²) in [7, 11) is 0. The fourth-order valence-electron chi connectivity index (χ4n) is 1.85. The van der Waals surface area contributed by atoms with Crippen molar-refractivity contribution in [2.75, 3.05) is 6.54 Å². The minimum Gasteiger partial charge on any atom is -0.374 e. The van der Waals surface area contributed by atoms with Crippen LogP contribution in [0.4, 0.5) is 0 Å². The van der Waals surface area contributed by atoms with Gasteiger partial charge in [0, 0.05) is 6.54 Å². The molecule has 0 aliphatic heterocycles. The van der Waals surface area contributed by atoms with Gasteiger partial charge in [-0.25, -0.2) is 0 Å². The van der Waals surface area contributed by atoms with E-state index >= 15 is 0 Å². The van der Waals surface area contributed by atoms with Gasteiger partial charge < -0.3 is 5.11 Å². The smallest absolute Gasteiger partial charge is 0.130 e. The molecule has 0 bridgehead atoms. The van der Waals surface area contributed by atoms with Crippen LogP contribution < -0.4 is 5.32 Å². The Morgan fingerprint density at radius 1 is 1.40 bits per heavy atom. The standard InChI is InChI=1S/C13H21NO/c1-9-3-6-12(7-10(9)2)13(15)14-8-11-4-5-11/h3,6-7,9-11,13-15H,4-5,8H2,1-2H3. The average molecular weight is 207 g/mol. The molecule has 0 aromatic carbocycles. The van der Waals surface area contributed by atoms with Crippen LogP contribution in [0.1, 0.15) is 26.7 Å². The molecule has 2 aliphatic rings. The molecule has 0 aromatic heterocycles. The molecule has 2 nitrogen and oxygen atoms in total. The van der Waals surface area contributed by atoms with E-state index in [0.29, 0.717) is 11.8 Å². The van der Waals surface area contributed by atoms with Gasteiger partial charge in [-0.3, -0.25) is 5.32 Å². The normalized spacial score (nSPS) is 32.6. The number of aliphatic hydroxyl groups is 1. The fraction of sp³-hybridized carbons (Fsp3) is 0.692. The molecule has 0 amide bonds. The topological polar surface area (TPSA) is 32.3 Å². The molecule has 3 atom stereocenters. The zero-order chi connectivity index (χ0) is 10.8. The number of nitrogens with one attached hydrogen (secondary N) is 1. The second kappa shape index (κ2) is 4.50. The summed E-state index contributed by atoms with van der Waals surface area (Å²) < 4.78 is 0. The van der Waals surface area contributed by atoms with Gasteiger partial charge in [0.05, 0.1) is 0 Å². The van der Waals surface area contributed by atoms with Crippen LogP contribution in [-0.4, -0.2) is 17.9 Å². The van der Waals surface area contributed by atoms with Crippen LogP contribution in [0, 0.1) is 17.8 Å². The monoisotopic (exact) mass is 207 g/mol. The first kappa shape index (κ1) is 10.9. The van der Waals surface area contributed by atoms with E-state index in [0.717, 1.165) is 18.0 Å². The quantitative estimate of drug-likeness (QED) is 0.692. The first-order valence-corrected chi connectivity index (χ1v) is 5.98. The molecule has 84 valence electrons. The molecule has 1 fully saturated rings. The molecule has 0 radical (unpaired) electrons. The van der Waals surface area contributed by atoms with Crippen LogP contribution in [-0.2, 0) is 0 Å². The molecule has 2 N–H and O–H groups in total. The van der Waals surface area contributed by atoms with Crippen molar-refractivity contribution in [2.24, 2.45) is 17.8 Å². The van der Waals surface area contributed by atoms with Crippen molar-refractivity contribution in [1.82, 2.24) is 5.32 Å². The maximum atomic E-state index is 9.92. The molecule has 0 saturated heterocycles. The third-order valence-corrected chi connectivity index (χ3v) is 3.49. The molecular formula is C13H21NO. The first-order chi connectivity index (χ1) is 7.16. The minimum absolute atomic E-state index is 0.475. The van der Waals surface area contributed by atoms with Gasteiger partial charge in [0.1, 0.15) is 6.23 Å². The zero-order valence-corrected chi connectivity index (χ0v) is 9.61. The van der Waals surface area contributed by atoms with E-state index in [1.165, 1.54) is 12.8 Å². The summed E-state index contributed by atoms with van der Waals surface area (Å²) >= 11 is 0. The fourth-order valence-corrected chi connectivity index (χ4v) is 1.85. The second-order valence-corrected chi connectivity index (χ2v) is 5.00. The Labute approximate surface area is 92.1 Å². The Balaban J connectivity index is 1.86. The highest BCUT2D eigenvalue weighted by molar-refractivity contribution is 5.27. The SMILES string of the molecule is CC1C=CC(C(O)NCC2CC2)=CC1C. The van der Waals surface area contributed by atoms with Gasteiger partial charge in [-0.1, -0.05) is 32.1 Å². The maximum absolute atomic E-state index is 9.92. The highest BCUT2D eigenvalue weighted by atomic mass is 16.3. The minimum atomic E-state index is -0.475. The number of hydrogen-bond donors (Lipinski definition) is 2. The predicted octanol–water partition coefficient (Wildman–Crippen LogP) is 2.07. The molecule has 0 aromatic rings. The van der Waals surface area contributed by atoms with E-state index in [9.17, 15) is 5.11 Å². The summed E-state index contributed by atoms with van der Waals surface area (Å²) in [5.74, 6) is 1.93. The van der Waals surface area contributed by atoms with Gasteiger partial charge in [-0.15, -0.1) is 0 Å². The Hall–Kier alpha value is -0.600. The van der Waals surface area contributed by atoms with Crippen molar-refractivity contribution in [2.45, 2.75) is 32.9 Å². The summed E-state index contributed by atoms with van der Waals surface area (Å²) in [6.07, 6.45) is 8.58. The summed E-state index contributed by atoms with van der Waals surface area (Å²) in [5.41, 5.74) is 1.03. The maximum Gasteiger partial charge on any atom is 0.130 e. The molecule has 0 heterocycles. The number of hydrogen-bond acceptors (Lipinski definition) is 2. The molecule has 1 saturated carbocycles. The molecule has 3 unspecified atom stereocenters. The molecule has 2 heteroatoms. The molecule has 2 aliphatic carbocycles.